The van der Waals surface area contributed by atoms with Crippen LogP contribution in [0.4, 0.5) is 0 Å². The van der Waals surface area contributed by atoms with E-state index < -0.39 is 0 Å². The zero-order valence-electron chi connectivity index (χ0n) is 15.8. The molecule has 2 amide bonds. The first-order valence-corrected chi connectivity index (χ1v) is 10.1. The summed E-state index contributed by atoms with van der Waals surface area (Å²) in [5, 5.41) is 3.00. The largest absolute Gasteiger partial charge is 0.331 e. The fourth-order valence-corrected chi connectivity index (χ4v) is 3.73. The molecule has 2 aromatic carbocycles. The summed E-state index contributed by atoms with van der Waals surface area (Å²) in [6, 6.07) is 17.0. The first-order chi connectivity index (χ1) is 13.0. The number of thioether (sulfide) groups is 1. The van der Waals surface area contributed by atoms with Gasteiger partial charge in [0, 0.05) is 16.7 Å². The van der Waals surface area contributed by atoms with Gasteiger partial charge in [-0.25, -0.2) is 0 Å². The molecule has 1 atom stereocenters. The Bertz CT molecular complexity index is 844. The lowest BCUT2D eigenvalue weighted by atomic mass is 10.0. The predicted octanol–water partition coefficient (Wildman–Crippen LogP) is 4.39. The Balaban J connectivity index is 1.98. The van der Waals surface area contributed by atoms with Crippen LogP contribution >= 0.6 is 11.8 Å². The molecule has 1 N–H and O–H groups in total. The summed E-state index contributed by atoms with van der Waals surface area (Å²) < 4.78 is 0. The second-order valence-corrected chi connectivity index (χ2v) is 8.08. The van der Waals surface area contributed by atoms with Gasteiger partial charge in [0.15, 0.2) is 0 Å². The summed E-state index contributed by atoms with van der Waals surface area (Å²) in [4.78, 5) is 28.6. The minimum Gasteiger partial charge on any atom is -0.331 e. The molecule has 1 aliphatic heterocycles. The summed E-state index contributed by atoms with van der Waals surface area (Å²) in [5.74, 6) is 0.812. The van der Waals surface area contributed by atoms with E-state index in [1.165, 1.54) is 0 Å². The molecule has 4 nitrogen and oxygen atoms in total. The van der Waals surface area contributed by atoms with E-state index in [0.717, 1.165) is 16.2 Å². The monoisotopic (exact) mass is 380 g/mol. The Morgan fingerprint density at radius 2 is 1.78 bits per heavy atom. The van der Waals surface area contributed by atoms with Crippen LogP contribution in [0.2, 0.25) is 0 Å². The third-order valence-corrected chi connectivity index (χ3v) is 5.35. The van der Waals surface area contributed by atoms with Crippen LogP contribution in [0.15, 0.2) is 65.7 Å². The van der Waals surface area contributed by atoms with Crippen LogP contribution in [0, 0.1) is 5.92 Å². The van der Waals surface area contributed by atoms with Crippen molar-refractivity contribution in [3.63, 3.8) is 0 Å². The molecule has 0 bridgehead atoms. The number of nitrogens with one attached hydrogen (secondary N) is 1. The number of amides is 2. The number of carbonyl (C=O) groups is 2. The maximum Gasteiger partial charge on any atom is 0.259 e. The van der Waals surface area contributed by atoms with Crippen LogP contribution in [0.3, 0.4) is 0 Å². The first kappa shape index (κ1) is 19.2. The highest BCUT2D eigenvalue weighted by molar-refractivity contribution is 7.99. The SMILES string of the molecule is CCSc1ccc(C2=CN(C(=O)c3ccccc3)[C@@H](C(C)C)NC2=O)cc1. The van der Waals surface area contributed by atoms with E-state index in [1.54, 1.807) is 35.0 Å². The summed E-state index contributed by atoms with van der Waals surface area (Å²) in [6.45, 7) is 6.09. The maximum atomic E-state index is 13.1. The predicted molar refractivity (Wildman–Crippen MR) is 110 cm³/mol. The number of hydrogen-bond donors (Lipinski definition) is 1. The molecule has 0 saturated heterocycles. The highest BCUT2D eigenvalue weighted by Crippen LogP contribution is 2.27. The maximum absolute atomic E-state index is 13.1. The molecule has 0 unspecified atom stereocenters. The molecular weight excluding hydrogens is 356 g/mol. The van der Waals surface area contributed by atoms with E-state index in [1.807, 2.05) is 56.3 Å². The fraction of sp³-hybridized carbons (Fsp3) is 0.273. The smallest absolute Gasteiger partial charge is 0.259 e. The minimum atomic E-state index is -0.371. The summed E-state index contributed by atoms with van der Waals surface area (Å²) in [6.07, 6.45) is 1.32. The molecule has 5 heteroatoms. The molecule has 3 rings (SSSR count). The van der Waals surface area contributed by atoms with Crippen LogP contribution in [-0.4, -0.2) is 28.6 Å². The van der Waals surface area contributed by atoms with Crippen molar-refractivity contribution in [2.45, 2.75) is 31.8 Å². The van der Waals surface area contributed by atoms with E-state index in [9.17, 15) is 9.59 Å². The molecular formula is C22H24N2O2S. The summed E-state index contributed by atoms with van der Waals surface area (Å²) in [7, 11) is 0. The highest BCUT2D eigenvalue weighted by atomic mass is 32.2. The van der Waals surface area contributed by atoms with Crippen molar-refractivity contribution in [3.05, 3.63) is 71.9 Å². The van der Waals surface area contributed by atoms with E-state index in [-0.39, 0.29) is 23.9 Å². The Kier molecular flexibility index (Phi) is 6.01. The van der Waals surface area contributed by atoms with Crippen molar-refractivity contribution in [3.8, 4) is 0 Å². The molecule has 2 aromatic rings. The molecule has 1 heterocycles. The lowest BCUT2D eigenvalue weighted by molar-refractivity contribution is -0.118. The Morgan fingerprint density at radius 1 is 1.11 bits per heavy atom. The average molecular weight is 381 g/mol. The Labute approximate surface area is 164 Å². The van der Waals surface area contributed by atoms with Crippen LogP contribution in [-0.2, 0) is 4.79 Å². The first-order valence-electron chi connectivity index (χ1n) is 9.15. The van der Waals surface area contributed by atoms with Gasteiger partial charge in [-0.05, 0) is 41.5 Å². The lowest BCUT2D eigenvalue weighted by Gasteiger charge is -2.36. The second kappa shape index (κ2) is 8.44. The van der Waals surface area contributed by atoms with Gasteiger partial charge in [-0.1, -0.05) is 51.1 Å². The number of nitrogens with zero attached hydrogens (tertiary/aromatic N) is 1. The van der Waals surface area contributed by atoms with Gasteiger partial charge in [-0.15, -0.1) is 11.8 Å². The van der Waals surface area contributed by atoms with E-state index in [4.69, 9.17) is 0 Å². The molecule has 0 aliphatic carbocycles. The summed E-state index contributed by atoms with van der Waals surface area (Å²) in [5.41, 5.74) is 1.91. The molecule has 1 aliphatic rings. The molecule has 27 heavy (non-hydrogen) atoms. The third kappa shape index (κ3) is 4.25. The Hall–Kier alpha value is -2.53. The summed E-state index contributed by atoms with van der Waals surface area (Å²) >= 11 is 1.75. The van der Waals surface area contributed by atoms with Crippen LogP contribution in [0.5, 0.6) is 0 Å². The molecule has 0 spiro atoms. The van der Waals surface area contributed by atoms with E-state index >= 15 is 0 Å². The lowest BCUT2D eigenvalue weighted by Crippen LogP contribution is -2.54. The minimum absolute atomic E-state index is 0.0859. The van der Waals surface area contributed by atoms with Crippen molar-refractivity contribution in [2.75, 3.05) is 5.75 Å². The average Bonchev–Trinajstić information content (AvgIpc) is 2.69. The van der Waals surface area contributed by atoms with Gasteiger partial charge < -0.3 is 5.32 Å². The molecule has 0 aromatic heterocycles. The van der Waals surface area contributed by atoms with Crippen LogP contribution < -0.4 is 5.32 Å². The van der Waals surface area contributed by atoms with Crippen molar-refractivity contribution in [2.24, 2.45) is 5.92 Å². The zero-order chi connectivity index (χ0) is 19.4. The van der Waals surface area contributed by atoms with Gasteiger partial charge in [0.1, 0.15) is 6.17 Å². The topological polar surface area (TPSA) is 49.4 Å². The normalized spacial score (nSPS) is 16.9. The number of benzene rings is 2. The van der Waals surface area contributed by atoms with Crippen molar-refractivity contribution in [1.29, 1.82) is 0 Å². The standard InChI is InChI=1S/C22H24N2O2S/c1-4-27-18-12-10-16(11-13-18)19-14-24(20(15(2)3)23-21(19)25)22(26)17-8-6-5-7-9-17/h5-15,20H,4H2,1-3H3,(H,23,25)/t20-/m0/s1. The molecule has 0 fully saturated rings. The van der Waals surface area contributed by atoms with Gasteiger partial charge in [0.25, 0.3) is 11.8 Å². The van der Waals surface area contributed by atoms with Gasteiger partial charge in [-0.2, -0.15) is 0 Å². The van der Waals surface area contributed by atoms with E-state index in [2.05, 4.69) is 12.2 Å². The fourth-order valence-electron chi connectivity index (χ4n) is 3.07. The third-order valence-electron chi connectivity index (χ3n) is 4.45. The zero-order valence-corrected chi connectivity index (χ0v) is 16.6. The van der Waals surface area contributed by atoms with Crippen LogP contribution in [0.25, 0.3) is 5.57 Å². The van der Waals surface area contributed by atoms with Crippen LogP contribution in [0.1, 0.15) is 36.7 Å². The number of rotatable bonds is 5. The van der Waals surface area contributed by atoms with Crippen molar-refractivity contribution < 1.29 is 9.59 Å². The van der Waals surface area contributed by atoms with Gasteiger partial charge in [0.2, 0.25) is 0 Å². The number of hydrogen-bond acceptors (Lipinski definition) is 3. The number of carbonyl (C=O) groups excluding carboxylic acids is 2. The quantitative estimate of drug-likeness (QED) is 0.783. The second-order valence-electron chi connectivity index (χ2n) is 6.74. The Morgan fingerprint density at radius 3 is 2.37 bits per heavy atom. The van der Waals surface area contributed by atoms with Gasteiger partial charge in [-0.3, -0.25) is 14.5 Å². The van der Waals surface area contributed by atoms with Crippen molar-refractivity contribution in [1.82, 2.24) is 10.2 Å². The van der Waals surface area contributed by atoms with Crippen molar-refractivity contribution >= 4 is 29.1 Å². The molecule has 140 valence electrons. The van der Waals surface area contributed by atoms with E-state index in [0.29, 0.717) is 11.1 Å². The van der Waals surface area contributed by atoms with Gasteiger partial charge >= 0.3 is 0 Å². The highest BCUT2D eigenvalue weighted by Gasteiger charge is 2.33. The molecule has 0 saturated carbocycles. The van der Waals surface area contributed by atoms with Gasteiger partial charge in [0.05, 0.1) is 5.57 Å². The molecule has 0 radical (unpaired) electrons.